The summed E-state index contributed by atoms with van der Waals surface area (Å²) in [6.07, 6.45) is 0. The highest BCUT2D eigenvalue weighted by atomic mass is 16.5. The molecule has 1 aromatic heterocycles. The van der Waals surface area contributed by atoms with Crippen molar-refractivity contribution in [3.63, 3.8) is 0 Å². The van der Waals surface area contributed by atoms with Crippen molar-refractivity contribution in [1.82, 2.24) is 9.90 Å². The van der Waals surface area contributed by atoms with E-state index in [9.17, 15) is 0 Å². The molecule has 0 aliphatic carbocycles. The van der Waals surface area contributed by atoms with Crippen LogP contribution in [-0.4, -0.2) is 50.4 Å². The van der Waals surface area contributed by atoms with E-state index >= 15 is 0 Å². The molecule has 0 aliphatic rings. The Morgan fingerprint density at radius 2 is 1.67 bits per heavy atom. The molecular formula is C18H23N4O2+. The summed E-state index contributed by atoms with van der Waals surface area (Å²) in [7, 11) is 3.43. The smallest absolute Gasteiger partial charge is 0.251 e. The van der Waals surface area contributed by atoms with Crippen molar-refractivity contribution >= 4 is 16.7 Å². The Hall–Kier alpha value is -2.44. The van der Waals surface area contributed by atoms with Gasteiger partial charge < -0.3 is 14.4 Å². The number of rotatable bonds is 8. The number of fused-ring (bicyclic) bond motifs is 1. The van der Waals surface area contributed by atoms with Gasteiger partial charge in [-0.05, 0) is 29.1 Å². The molecule has 0 fully saturated rings. The first-order chi connectivity index (χ1) is 11.8. The van der Waals surface area contributed by atoms with Crippen LogP contribution in [0.4, 0.5) is 5.69 Å². The number of H-pyrrole nitrogens is 1. The average Bonchev–Trinajstić information content (AvgIpc) is 3.07. The third kappa shape index (κ3) is 3.55. The van der Waals surface area contributed by atoms with Gasteiger partial charge in [0.25, 0.3) is 5.52 Å². The number of methoxy groups -OCH3 is 2. The molecule has 1 heterocycles. The van der Waals surface area contributed by atoms with Gasteiger partial charge in [0.2, 0.25) is 5.52 Å². The van der Waals surface area contributed by atoms with Crippen LogP contribution in [0.3, 0.4) is 0 Å². The number of hydrogen-bond acceptors (Lipinski definition) is 4. The lowest BCUT2D eigenvalue weighted by Crippen LogP contribution is -2.31. The average molecular weight is 327 g/mol. The van der Waals surface area contributed by atoms with Crippen LogP contribution in [0.25, 0.3) is 16.7 Å². The SMILES string of the molecule is COCCN(CCOC)c1cccc2nn(-c3ccccc3)[nH+]c12. The minimum Gasteiger partial charge on any atom is -0.383 e. The second-order valence-corrected chi connectivity index (χ2v) is 5.50. The Morgan fingerprint density at radius 3 is 2.33 bits per heavy atom. The first kappa shape index (κ1) is 16.4. The molecular weight excluding hydrogens is 304 g/mol. The zero-order valence-electron chi connectivity index (χ0n) is 14.1. The topological polar surface area (TPSA) is 53.7 Å². The molecule has 0 saturated heterocycles. The number of nitrogens with one attached hydrogen (secondary N) is 1. The summed E-state index contributed by atoms with van der Waals surface area (Å²) < 4.78 is 10.5. The van der Waals surface area contributed by atoms with Gasteiger partial charge in [0.1, 0.15) is 5.69 Å². The normalized spacial score (nSPS) is 11.1. The summed E-state index contributed by atoms with van der Waals surface area (Å²) in [5.74, 6) is 0. The Bertz CT molecular complexity index is 765. The molecule has 1 N–H and O–H groups in total. The molecule has 3 aromatic rings. The number of aromatic nitrogens is 3. The van der Waals surface area contributed by atoms with Crippen LogP contribution in [0.5, 0.6) is 0 Å². The van der Waals surface area contributed by atoms with Gasteiger partial charge >= 0.3 is 0 Å². The van der Waals surface area contributed by atoms with Crippen LogP contribution in [-0.2, 0) is 9.47 Å². The van der Waals surface area contributed by atoms with Crippen LogP contribution in [0, 0.1) is 0 Å². The fourth-order valence-corrected chi connectivity index (χ4v) is 2.68. The molecule has 6 heteroatoms. The van der Waals surface area contributed by atoms with Gasteiger partial charge in [0.15, 0.2) is 0 Å². The fourth-order valence-electron chi connectivity index (χ4n) is 2.68. The standard InChI is InChI=1S/C18H22N4O2/c1-23-13-11-21(12-14-24-2)17-10-6-9-16-18(17)20-22(19-16)15-7-4-3-5-8-15/h3-10H,11-14H2,1-2H3/p+1. The van der Waals surface area contributed by atoms with Crippen molar-refractivity contribution < 1.29 is 14.6 Å². The quantitative estimate of drug-likeness (QED) is 0.634. The fraction of sp³-hybridized carbons (Fsp3) is 0.333. The first-order valence-electron chi connectivity index (χ1n) is 8.03. The van der Waals surface area contributed by atoms with Gasteiger partial charge in [-0.25, -0.2) is 0 Å². The van der Waals surface area contributed by atoms with Crippen molar-refractivity contribution in [2.75, 3.05) is 45.4 Å². The van der Waals surface area contributed by atoms with E-state index in [-0.39, 0.29) is 0 Å². The number of nitrogens with zero attached hydrogens (tertiary/aromatic N) is 3. The predicted octanol–water partition coefficient (Wildman–Crippen LogP) is 1.94. The molecule has 24 heavy (non-hydrogen) atoms. The molecule has 0 atom stereocenters. The van der Waals surface area contributed by atoms with Gasteiger partial charge in [-0.3, -0.25) is 0 Å². The highest BCUT2D eigenvalue weighted by Gasteiger charge is 2.19. The van der Waals surface area contributed by atoms with E-state index in [1.54, 1.807) is 19.0 Å². The second-order valence-electron chi connectivity index (χ2n) is 5.50. The monoisotopic (exact) mass is 327 g/mol. The molecule has 0 unspecified atom stereocenters. The van der Waals surface area contributed by atoms with Crippen LogP contribution < -0.4 is 10.00 Å². The number of benzene rings is 2. The first-order valence-corrected chi connectivity index (χ1v) is 8.03. The molecule has 6 nitrogen and oxygen atoms in total. The summed E-state index contributed by atoms with van der Waals surface area (Å²) >= 11 is 0. The Morgan fingerprint density at radius 1 is 0.958 bits per heavy atom. The molecule has 0 saturated carbocycles. The summed E-state index contributed by atoms with van der Waals surface area (Å²) in [4.78, 5) is 4.06. The van der Waals surface area contributed by atoms with Crippen LogP contribution in [0.15, 0.2) is 48.5 Å². The van der Waals surface area contributed by atoms with Crippen LogP contribution in [0.2, 0.25) is 0 Å². The van der Waals surface area contributed by atoms with Gasteiger partial charge in [0, 0.05) is 27.3 Å². The lowest BCUT2D eigenvalue weighted by molar-refractivity contribution is -0.454. The maximum atomic E-state index is 5.25. The summed E-state index contributed by atoms with van der Waals surface area (Å²) in [5, 5.41) is 8.05. The molecule has 0 aliphatic heterocycles. The zero-order chi connectivity index (χ0) is 16.8. The van der Waals surface area contributed by atoms with Crippen molar-refractivity contribution in [2.45, 2.75) is 0 Å². The number of anilines is 1. The third-order valence-corrected chi connectivity index (χ3v) is 3.92. The number of hydrogen-bond donors (Lipinski definition) is 0. The Labute approximate surface area is 141 Å². The van der Waals surface area contributed by atoms with E-state index in [2.05, 4.69) is 21.2 Å². The second kappa shape index (κ2) is 7.90. The molecule has 126 valence electrons. The van der Waals surface area contributed by atoms with Gasteiger partial charge in [-0.1, -0.05) is 24.3 Å². The van der Waals surface area contributed by atoms with Crippen molar-refractivity contribution in [1.29, 1.82) is 0 Å². The predicted molar refractivity (Wildman–Crippen MR) is 93.6 cm³/mol. The third-order valence-electron chi connectivity index (χ3n) is 3.92. The van der Waals surface area contributed by atoms with Crippen LogP contribution in [0.1, 0.15) is 0 Å². The number of aromatic amines is 1. The van der Waals surface area contributed by atoms with Gasteiger partial charge in [-0.2, -0.15) is 5.10 Å². The van der Waals surface area contributed by atoms with E-state index < -0.39 is 0 Å². The van der Waals surface area contributed by atoms with E-state index in [4.69, 9.17) is 9.47 Å². The van der Waals surface area contributed by atoms with Crippen molar-refractivity contribution in [3.05, 3.63) is 48.5 Å². The van der Waals surface area contributed by atoms with E-state index in [1.165, 1.54) is 0 Å². The number of ether oxygens (including phenoxy) is 2. The van der Waals surface area contributed by atoms with Gasteiger partial charge in [0.05, 0.1) is 24.0 Å². The molecule has 0 bridgehead atoms. The molecule has 2 aromatic carbocycles. The summed E-state index contributed by atoms with van der Waals surface area (Å²) in [6.45, 7) is 2.91. The lowest BCUT2D eigenvalue weighted by atomic mass is 10.2. The minimum absolute atomic E-state index is 0.660. The highest BCUT2D eigenvalue weighted by Crippen LogP contribution is 2.22. The molecule has 3 rings (SSSR count). The Kier molecular flexibility index (Phi) is 5.40. The summed E-state index contributed by atoms with van der Waals surface area (Å²) in [5.41, 5.74) is 4.04. The van der Waals surface area contributed by atoms with E-state index in [0.29, 0.717) is 13.2 Å². The van der Waals surface area contributed by atoms with Crippen molar-refractivity contribution in [2.24, 2.45) is 0 Å². The van der Waals surface area contributed by atoms with Crippen LogP contribution >= 0.6 is 0 Å². The van der Waals surface area contributed by atoms with E-state index in [1.807, 2.05) is 42.5 Å². The Balaban J connectivity index is 1.98. The maximum Gasteiger partial charge on any atom is 0.251 e. The van der Waals surface area contributed by atoms with E-state index in [0.717, 1.165) is 35.5 Å². The number of para-hydroxylation sites is 2. The maximum absolute atomic E-state index is 5.25. The molecule has 0 spiro atoms. The minimum atomic E-state index is 0.660. The summed E-state index contributed by atoms with van der Waals surface area (Å²) in [6, 6.07) is 16.2. The zero-order valence-corrected chi connectivity index (χ0v) is 14.1. The molecule has 0 amide bonds. The molecule has 0 radical (unpaired) electrons. The largest absolute Gasteiger partial charge is 0.383 e. The van der Waals surface area contributed by atoms with Gasteiger partial charge in [-0.15, -0.1) is 0 Å². The van der Waals surface area contributed by atoms with Crippen molar-refractivity contribution in [3.8, 4) is 5.69 Å². The highest BCUT2D eigenvalue weighted by molar-refractivity contribution is 5.85. The lowest BCUT2D eigenvalue weighted by Gasteiger charge is -2.23.